The predicted octanol–water partition coefficient (Wildman–Crippen LogP) is 9.50. The summed E-state index contributed by atoms with van der Waals surface area (Å²) in [6.07, 6.45) is 22.0. The third-order valence-corrected chi connectivity index (χ3v) is 6.89. The number of thiol groups is 1. The molecule has 188 valence electrons. The van der Waals surface area contributed by atoms with E-state index in [9.17, 15) is 4.79 Å². The third kappa shape index (κ3) is 13.2. The molecule has 2 nitrogen and oxygen atoms in total. The van der Waals surface area contributed by atoms with Gasteiger partial charge >= 0.3 is 0 Å². The second-order valence-corrected chi connectivity index (χ2v) is 10.0. The number of anilines is 1. The van der Waals surface area contributed by atoms with E-state index in [1.54, 1.807) is 0 Å². The molecule has 0 radical (unpaired) electrons. The fraction of sp³-hybridized carbons (Fsp3) is 0.581. The highest BCUT2D eigenvalue weighted by Gasteiger charge is 2.08. The van der Waals surface area contributed by atoms with Gasteiger partial charge in [0, 0.05) is 23.4 Å². The summed E-state index contributed by atoms with van der Waals surface area (Å²) in [7, 11) is 0. The van der Waals surface area contributed by atoms with Gasteiger partial charge < -0.3 is 5.32 Å². The van der Waals surface area contributed by atoms with E-state index in [-0.39, 0.29) is 5.78 Å². The first-order chi connectivity index (χ1) is 16.8. The molecule has 0 amide bonds. The van der Waals surface area contributed by atoms with Crippen LogP contribution >= 0.6 is 12.6 Å². The van der Waals surface area contributed by atoms with Gasteiger partial charge in [0.05, 0.1) is 0 Å². The molecule has 0 saturated heterocycles. The molecule has 0 spiro atoms. The second kappa shape index (κ2) is 19.6. The van der Waals surface area contributed by atoms with Crippen LogP contribution in [0.25, 0.3) is 0 Å². The van der Waals surface area contributed by atoms with Crippen molar-refractivity contribution in [3.8, 4) is 0 Å². The lowest BCUT2D eigenvalue weighted by Gasteiger charge is -2.08. The highest BCUT2D eigenvalue weighted by atomic mass is 32.1. The third-order valence-electron chi connectivity index (χ3n) is 6.57. The lowest BCUT2D eigenvalue weighted by Crippen LogP contribution is -2.04. The zero-order chi connectivity index (χ0) is 24.1. The van der Waals surface area contributed by atoms with Crippen molar-refractivity contribution in [2.45, 2.75) is 103 Å². The van der Waals surface area contributed by atoms with Crippen molar-refractivity contribution in [2.24, 2.45) is 0 Å². The van der Waals surface area contributed by atoms with E-state index in [1.165, 1.54) is 103 Å². The first-order valence-electron chi connectivity index (χ1n) is 13.9. The molecule has 2 aromatic carbocycles. The Morgan fingerprint density at radius 2 is 1.03 bits per heavy atom. The molecular weight excluding hydrogens is 434 g/mol. The van der Waals surface area contributed by atoms with Crippen LogP contribution in [0.3, 0.4) is 0 Å². The van der Waals surface area contributed by atoms with Crippen LogP contribution < -0.4 is 5.32 Å². The van der Waals surface area contributed by atoms with Crippen molar-refractivity contribution >= 4 is 24.1 Å². The fourth-order valence-corrected chi connectivity index (χ4v) is 4.69. The number of benzene rings is 2. The van der Waals surface area contributed by atoms with Crippen LogP contribution in [0.4, 0.5) is 5.69 Å². The number of rotatable bonds is 21. The van der Waals surface area contributed by atoms with Gasteiger partial charge in [0.25, 0.3) is 0 Å². The molecule has 0 saturated carbocycles. The molecule has 0 aliphatic heterocycles. The molecule has 0 bridgehead atoms. The summed E-state index contributed by atoms with van der Waals surface area (Å²) in [6, 6.07) is 17.4. The van der Waals surface area contributed by atoms with Gasteiger partial charge in [0.1, 0.15) is 0 Å². The van der Waals surface area contributed by atoms with Crippen LogP contribution in [0, 0.1) is 0 Å². The van der Waals surface area contributed by atoms with Crippen molar-refractivity contribution in [1.82, 2.24) is 0 Å². The van der Waals surface area contributed by atoms with Crippen molar-refractivity contribution in [3.63, 3.8) is 0 Å². The van der Waals surface area contributed by atoms with Crippen LogP contribution in [0.1, 0.15) is 119 Å². The predicted molar refractivity (Wildman–Crippen MR) is 153 cm³/mol. The molecule has 2 aromatic rings. The normalized spacial score (nSPS) is 11.0. The van der Waals surface area contributed by atoms with Gasteiger partial charge in [-0.1, -0.05) is 132 Å². The van der Waals surface area contributed by atoms with Gasteiger partial charge in [-0.15, -0.1) is 0 Å². The summed E-state index contributed by atoms with van der Waals surface area (Å²) in [4.78, 5) is 12.6. The molecule has 0 aliphatic carbocycles. The Bertz CT molecular complexity index is 761. The standard InChI is InChI=1S/C31H47NOS/c33-31(28-21-16-15-17-22-28)29-23-20-24-30(27-29)32-25-18-13-11-9-7-5-3-1-2-4-6-8-10-12-14-19-26-34/h15-17,20-24,27,32,34H,1-14,18-19,25-26H2. The Morgan fingerprint density at radius 3 is 1.56 bits per heavy atom. The van der Waals surface area contributed by atoms with E-state index < -0.39 is 0 Å². The van der Waals surface area contributed by atoms with Crippen molar-refractivity contribution in [3.05, 3.63) is 65.7 Å². The van der Waals surface area contributed by atoms with Gasteiger partial charge in [-0.05, 0) is 30.7 Å². The minimum absolute atomic E-state index is 0.0831. The molecule has 34 heavy (non-hydrogen) atoms. The summed E-state index contributed by atoms with van der Waals surface area (Å²) in [5, 5.41) is 3.49. The van der Waals surface area contributed by atoms with E-state index in [0.717, 1.165) is 29.1 Å². The molecule has 1 N–H and O–H groups in total. The number of unbranched alkanes of at least 4 members (excludes halogenated alkanes) is 15. The Balaban J connectivity index is 1.40. The van der Waals surface area contributed by atoms with Crippen LogP contribution in [-0.4, -0.2) is 18.1 Å². The summed E-state index contributed by atoms with van der Waals surface area (Å²) >= 11 is 4.27. The number of carbonyl (C=O) groups excluding carboxylic acids is 1. The van der Waals surface area contributed by atoms with Crippen LogP contribution in [0.5, 0.6) is 0 Å². The van der Waals surface area contributed by atoms with Gasteiger partial charge in [-0.3, -0.25) is 4.79 Å². The summed E-state index contributed by atoms with van der Waals surface area (Å²) < 4.78 is 0. The number of hydrogen-bond acceptors (Lipinski definition) is 3. The Labute approximate surface area is 214 Å². The zero-order valence-corrected chi connectivity index (χ0v) is 22.2. The Kier molecular flexibility index (Phi) is 16.4. The maximum absolute atomic E-state index is 12.6. The lowest BCUT2D eigenvalue weighted by atomic mass is 10.0. The maximum Gasteiger partial charge on any atom is 0.193 e. The van der Waals surface area contributed by atoms with E-state index in [4.69, 9.17) is 0 Å². The Hall–Kier alpha value is -1.74. The zero-order valence-electron chi connectivity index (χ0n) is 21.3. The smallest absolute Gasteiger partial charge is 0.193 e. The van der Waals surface area contributed by atoms with Crippen molar-refractivity contribution < 1.29 is 4.79 Å². The average molecular weight is 482 g/mol. The highest BCUT2D eigenvalue weighted by molar-refractivity contribution is 7.80. The maximum atomic E-state index is 12.6. The van der Waals surface area contributed by atoms with E-state index in [0.29, 0.717) is 0 Å². The first-order valence-corrected chi connectivity index (χ1v) is 14.5. The molecule has 0 unspecified atom stereocenters. The number of hydrogen-bond donors (Lipinski definition) is 2. The molecule has 0 atom stereocenters. The molecule has 0 fully saturated rings. The minimum atomic E-state index is 0.0831. The fourth-order valence-electron chi connectivity index (χ4n) is 4.47. The molecule has 0 aromatic heterocycles. The van der Waals surface area contributed by atoms with Gasteiger partial charge in [-0.2, -0.15) is 12.6 Å². The van der Waals surface area contributed by atoms with Crippen molar-refractivity contribution in [2.75, 3.05) is 17.6 Å². The molecule has 0 heterocycles. The molecule has 2 rings (SSSR count). The van der Waals surface area contributed by atoms with E-state index >= 15 is 0 Å². The minimum Gasteiger partial charge on any atom is -0.385 e. The summed E-state index contributed by atoms with van der Waals surface area (Å²) in [5.41, 5.74) is 2.53. The van der Waals surface area contributed by atoms with Gasteiger partial charge in [-0.25, -0.2) is 0 Å². The van der Waals surface area contributed by atoms with Gasteiger partial charge in [0.15, 0.2) is 5.78 Å². The quantitative estimate of drug-likeness (QED) is 0.106. The van der Waals surface area contributed by atoms with E-state index in [1.807, 2.05) is 54.6 Å². The highest BCUT2D eigenvalue weighted by Crippen LogP contribution is 2.16. The number of nitrogens with one attached hydrogen (secondary N) is 1. The topological polar surface area (TPSA) is 29.1 Å². The first kappa shape index (κ1) is 28.5. The lowest BCUT2D eigenvalue weighted by molar-refractivity contribution is 0.103. The molecule has 0 aliphatic rings. The van der Waals surface area contributed by atoms with Gasteiger partial charge in [0.2, 0.25) is 0 Å². The van der Waals surface area contributed by atoms with E-state index in [2.05, 4.69) is 17.9 Å². The Morgan fingerprint density at radius 1 is 0.559 bits per heavy atom. The number of ketones is 1. The van der Waals surface area contributed by atoms with Crippen LogP contribution in [0.2, 0.25) is 0 Å². The number of carbonyl (C=O) groups is 1. The monoisotopic (exact) mass is 481 g/mol. The van der Waals surface area contributed by atoms with Crippen LogP contribution in [-0.2, 0) is 0 Å². The SMILES string of the molecule is O=C(c1ccccc1)c1cccc(NCCCCCCCCCCCCCCCCCCS)c1. The molecular formula is C31H47NOS. The largest absolute Gasteiger partial charge is 0.385 e. The van der Waals surface area contributed by atoms with Crippen molar-refractivity contribution in [1.29, 1.82) is 0 Å². The summed E-state index contributed by atoms with van der Waals surface area (Å²) in [5.74, 6) is 1.13. The summed E-state index contributed by atoms with van der Waals surface area (Å²) in [6.45, 7) is 0.970. The second-order valence-electron chi connectivity index (χ2n) is 9.58. The van der Waals surface area contributed by atoms with Crippen LogP contribution in [0.15, 0.2) is 54.6 Å². The molecule has 3 heteroatoms. The average Bonchev–Trinajstić information content (AvgIpc) is 2.88.